The van der Waals surface area contributed by atoms with Gasteiger partial charge in [-0.05, 0) is 42.3 Å². The summed E-state index contributed by atoms with van der Waals surface area (Å²) in [6, 6.07) is 8.46. The van der Waals surface area contributed by atoms with Crippen molar-refractivity contribution in [1.82, 2.24) is 5.32 Å². The first kappa shape index (κ1) is 15.4. The van der Waals surface area contributed by atoms with Gasteiger partial charge in [0.25, 0.3) is 0 Å². The Kier molecular flexibility index (Phi) is 4.43. The molecule has 1 aromatic carbocycles. The molecular weight excluding hydrogens is 263 g/mol. The van der Waals surface area contributed by atoms with E-state index in [-0.39, 0.29) is 17.9 Å². The van der Waals surface area contributed by atoms with Crippen molar-refractivity contribution in [2.75, 3.05) is 6.54 Å². The number of fused-ring (bicyclic) bond motifs is 1. The highest BCUT2D eigenvalue weighted by Gasteiger charge is 2.32. The van der Waals surface area contributed by atoms with Gasteiger partial charge in [-0.3, -0.25) is 0 Å². The normalized spacial score (nSPS) is 21.6. The predicted molar refractivity (Wildman–Crippen MR) is 74.7 cm³/mol. The minimum Gasteiger partial charge on any atom is -0.310 e. The van der Waals surface area contributed by atoms with Crippen molar-refractivity contribution in [1.29, 1.82) is 0 Å². The zero-order chi connectivity index (χ0) is 14.8. The van der Waals surface area contributed by atoms with Gasteiger partial charge in [0.15, 0.2) is 0 Å². The summed E-state index contributed by atoms with van der Waals surface area (Å²) < 4.78 is 36.4. The van der Waals surface area contributed by atoms with Gasteiger partial charge in [0.2, 0.25) is 0 Å². The van der Waals surface area contributed by atoms with Crippen LogP contribution in [-0.4, -0.2) is 12.7 Å². The van der Waals surface area contributed by atoms with Crippen LogP contribution in [0.4, 0.5) is 13.2 Å². The average molecular weight is 285 g/mol. The number of benzene rings is 1. The maximum Gasteiger partial charge on any atom is 0.389 e. The summed E-state index contributed by atoms with van der Waals surface area (Å²) in [5, 5.41) is 3.29. The second-order valence-corrected chi connectivity index (χ2v) is 6.24. The van der Waals surface area contributed by atoms with Gasteiger partial charge in [0.1, 0.15) is 0 Å². The summed E-state index contributed by atoms with van der Waals surface area (Å²) in [6.07, 6.45) is -2.57. The number of hydrogen-bond acceptors (Lipinski definition) is 1. The zero-order valence-corrected chi connectivity index (χ0v) is 12.1. The van der Waals surface area contributed by atoms with Crippen LogP contribution < -0.4 is 5.32 Å². The Labute approximate surface area is 118 Å². The lowest BCUT2D eigenvalue weighted by Gasteiger charge is -2.37. The van der Waals surface area contributed by atoms with E-state index in [4.69, 9.17) is 0 Å². The Morgan fingerprint density at radius 2 is 1.95 bits per heavy atom. The zero-order valence-electron chi connectivity index (χ0n) is 12.1. The van der Waals surface area contributed by atoms with Crippen LogP contribution in [0.3, 0.4) is 0 Å². The standard InChI is InChI=1S/C16H22F3N/c1-15(2)10-8-14(12-6-3-4-7-13(12)15)20-11-5-9-16(17,18)19/h3-4,6-7,14,20H,5,8-11H2,1-2H3. The third-order valence-electron chi connectivity index (χ3n) is 4.15. The Morgan fingerprint density at radius 3 is 2.65 bits per heavy atom. The number of halogens is 3. The third-order valence-corrected chi connectivity index (χ3v) is 4.15. The van der Waals surface area contributed by atoms with Crippen LogP contribution in [0.2, 0.25) is 0 Å². The fourth-order valence-electron chi connectivity index (χ4n) is 2.99. The first-order chi connectivity index (χ1) is 9.30. The molecule has 0 radical (unpaired) electrons. The molecule has 0 saturated heterocycles. The molecule has 0 fully saturated rings. The molecule has 0 aliphatic heterocycles. The minimum atomic E-state index is -4.05. The molecule has 1 aliphatic carbocycles. The lowest BCUT2D eigenvalue weighted by atomic mass is 9.71. The molecule has 1 unspecified atom stereocenters. The Balaban J connectivity index is 1.97. The summed E-state index contributed by atoms with van der Waals surface area (Å²) in [6.45, 7) is 4.87. The van der Waals surface area contributed by atoms with Gasteiger partial charge in [0, 0.05) is 12.5 Å². The van der Waals surface area contributed by atoms with Gasteiger partial charge in [-0.1, -0.05) is 38.1 Å². The van der Waals surface area contributed by atoms with E-state index in [1.54, 1.807) is 0 Å². The molecule has 0 aromatic heterocycles. The smallest absolute Gasteiger partial charge is 0.310 e. The molecule has 1 atom stereocenters. The van der Waals surface area contributed by atoms with Crippen LogP contribution >= 0.6 is 0 Å². The molecule has 0 bridgehead atoms. The topological polar surface area (TPSA) is 12.0 Å². The lowest BCUT2D eigenvalue weighted by molar-refractivity contribution is -0.135. The second kappa shape index (κ2) is 5.76. The molecule has 20 heavy (non-hydrogen) atoms. The van der Waals surface area contributed by atoms with Crippen molar-refractivity contribution in [2.24, 2.45) is 0 Å². The summed E-state index contributed by atoms with van der Waals surface area (Å²) in [7, 11) is 0. The molecule has 1 aromatic rings. The fraction of sp³-hybridized carbons (Fsp3) is 0.625. The quantitative estimate of drug-likeness (QED) is 0.788. The lowest BCUT2D eigenvalue weighted by Crippen LogP contribution is -2.33. The Hall–Kier alpha value is -1.03. The SMILES string of the molecule is CC1(C)CCC(NCCCC(F)(F)F)c2ccccc21. The molecule has 2 rings (SSSR count). The predicted octanol–water partition coefficient (Wildman–Crippen LogP) is 4.73. The van der Waals surface area contributed by atoms with Crippen molar-refractivity contribution in [3.63, 3.8) is 0 Å². The number of hydrogen-bond donors (Lipinski definition) is 1. The molecule has 1 aliphatic rings. The van der Waals surface area contributed by atoms with Crippen molar-refractivity contribution < 1.29 is 13.2 Å². The monoisotopic (exact) mass is 285 g/mol. The highest BCUT2D eigenvalue weighted by molar-refractivity contribution is 5.38. The van der Waals surface area contributed by atoms with E-state index >= 15 is 0 Å². The first-order valence-electron chi connectivity index (χ1n) is 7.19. The van der Waals surface area contributed by atoms with Gasteiger partial charge in [-0.15, -0.1) is 0 Å². The van der Waals surface area contributed by atoms with Crippen LogP contribution in [0, 0.1) is 0 Å². The molecule has 0 amide bonds. The van der Waals surface area contributed by atoms with Crippen LogP contribution in [0.5, 0.6) is 0 Å². The summed E-state index contributed by atoms with van der Waals surface area (Å²) >= 11 is 0. The first-order valence-corrected chi connectivity index (χ1v) is 7.19. The third kappa shape index (κ3) is 3.75. The van der Waals surface area contributed by atoms with Gasteiger partial charge in [0.05, 0.1) is 0 Å². The van der Waals surface area contributed by atoms with Crippen molar-refractivity contribution >= 4 is 0 Å². The van der Waals surface area contributed by atoms with Gasteiger partial charge in [-0.2, -0.15) is 13.2 Å². The molecule has 0 spiro atoms. The molecule has 0 saturated carbocycles. The number of nitrogens with one attached hydrogen (secondary N) is 1. The maximum absolute atomic E-state index is 12.1. The molecule has 4 heteroatoms. The highest BCUT2D eigenvalue weighted by Crippen LogP contribution is 2.41. The Morgan fingerprint density at radius 1 is 1.25 bits per heavy atom. The summed E-state index contributed by atoms with van der Waals surface area (Å²) in [4.78, 5) is 0. The van der Waals surface area contributed by atoms with E-state index in [2.05, 4.69) is 31.3 Å². The van der Waals surface area contributed by atoms with Gasteiger partial charge >= 0.3 is 6.18 Å². The molecule has 1 N–H and O–H groups in total. The van der Waals surface area contributed by atoms with Crippen LogP contribution in [0.1, 0.15) is 56.7 Å². The summed E-state index contributed by atoms with van der Waals surface area (Å²) in [5.41, 5.74) is 2.72. The minimum absolute atomic E-state index is 0.144. The van der Waals surface area contributed by atoms with Gasteiger partial charge in [-0.25, -0.2) is 0 Å². The molecule has 112 valence electrons. The average Bonchev–Trinajstić information content (AvgIpc) is 2.36. The second-order valence-electron chi connectivity index (χ2n) is 6.24. The molecular formula is C16H22F3N. The van der Waals surface area contributed by atoms with E-state index in [0.29, 0.717) is 6.54 Å². The van der Waals surface area contributed by atoms with Crippen molar-refractivity contribution in [3.8, 4) is 0 Å². The largest absolute Gasteiger partial charge is 0.389 e. The van der Waals surface area contributed by atoms with Crippen LogP contribution in [-0.2, 0) is 5.41 Å². The van der Waals surface area contributed by atoms with Crippen LogP contribution in [0.25, 0.3) is 0 Å². The highest BCUT2D eigenvalue weighted by atomic mass is 19.4. The van der Waals surface area contributed by atoms with Crippen LogP contribution in [0.15, 0.2) is 24.3 Å². The number of alkyl halides is 3. The number of rotatable bonds is 4. The van der Waals surface area contributed by atoms with E-state index in [1.165, 1.54) is 11.1 Å². The molecule has 1 nitrogen and oxygen atoms in total. The fourth-order valence-corrected chi connectivity index (χ4v) is 2.99. The van der Waals surface area contributed by atoms with Crippen molar-refractivity contribution in [2.45, 2.75) is 57.2 Å². The van der Waals surface area contributed by atoms with E-state index in [9.17, 15) is 13.2 Å². The van der Waals surface area contributed by atoms with E-state index in [1.807, 2.05) is 12.1 Å². The van der Waals surface area contributed by atoms with Crippen molar-refractivity contribution in [3.05, 3.63) is 35.4 Å². The van der Waals surface area contributed by atoms with Gasteiger partial charge < -0.3 is 5.32 Å². The van der Waals surface area contributed by atoms with E-state index in [0.717, 1.165) is 12.8 Å². The van der Waals surface area contributed by atoms with E-state index < -0.39 is 12.6 Å². The Bertz CT molecular complexity index is 451. The molecule has 0 heterocycles. The maximum atomic E-state index is 12.1. The summed E-state index contributed by atoms with van der Waals surface area (Å²) in [5.74, 6) is 0.